The number of aliphatic hydroxyl groups is 4. The molecule has 12 aromatic rings. The molecule has 36 heteroatoms. The Labute approximate surface area is 618 Å². The summed E-state index contributed by atoms with van der Waals surface area (Å²) < 4.78 is 66.4. The SMILES string of the molecule is O=C(NOCCO)c1ccc2cncn2c1Nc1ccc(I)cc1F.O=C(NOCCO)c1ccc2cncn2c1Nc1ccc(I)cc1F.O=C(NOCCO)c1ccc2cncn2c1Nc1ccc(I)cc1F.O=C(NOCCO)c1ccc2cncn2c1Nc1ccc(I)cc1F. The zero-order valence-electron chi connectivity index (χ0n) is 51.5. The molecule has 0 saturated carbocycles. The van der Waals surface area contributed by atoms with Crippen LogP contribution in [0.1, 0.15) is 41.4 Å². The van der Waals surface area contributed by atoms with Gasteiger partial charge in [-0.1, -0.05) is 0 Å². The number of carbonyl (C=O) groups is 4. The number of amides is 4. The van der Waals surface area contributed by atoms with Crippen LogP contribution in [0.5, 0.6) is 0 Å². The van der Waals surface area contributed by atoms with Crippen LogP contribution < -0.4 is 43.2 Å². The van der Waals surface area contributed by atoms with Crippen LogP contribution in [0.4, 0.5) is 63.6 Å². The molecular weight excluding hydrogens is 1770 g/mol. The highest BCUT2D eigenvalue weighted by Gasteiger charge is 2.22. The van der Waals surface area contributed by atoms with Crippen LogP contribution in [0.25, 0.3) is 22.1 Å². The van der Waals surface area contributed by atoms with Gasteiger partial charge in [0.1, 0.15) is 71.8 Å². The van der Waals surface area contributed by atoms with Crippen molar-refractivity contribution in [2.45, 2.75) is 0 Å². The molecule has 0 radical (unpaired) electrons. The van der Waals surface area contributed by atoms with E-state index in [-0.39, 0.29) is 97.9 Å². The summed E-state index contributed by atoms with van der Waals surface area (Å²) in [5.41, 5.74) is 13.8. The fourth-order valence-corrected chi connectivity index (χ4v) is 10.8. The Balaban J connectivity index is 0.000000156. The van der Waals surface area contributed by atoms with Gasteiger partial charge in [-0.3, -0.25) is 56.1 Å². The van der Waals surface area contributed by atoms with Crippen molar-refractivity contribution in [2.24, 2.45) is 0 Å². The highest BCUT2D eigenvalue weighted by molar-refractivity contribution is 14.1. The zero-order valence-corrected chi connectivity index (χ0v) is 60.1. The second kappa shape index (κ2) is 36.9. The highest BCUT2D eigenvalue weighted by Crippen LogP contribution is 2.31. The lowest BCUT2D eigenvalue weighted by atomic mass is 10.2. The first-order valence-corrected chi connectivity index (χ1v) is 33.5. The Morgan fingerprint density at radius 2 is 0.550 bits per heavy atom. The standard InChI is InChI=1S/4C16H14FIN4O3/c4*17-13-7-10(18)1-4-14(13)20-15-12(16(24)21-25-6-5-23)3-2-11-8-19-9-22(11)15/h4*1-4,7-9,20,23H,5-6H2,(H,21,24). The lowest BCUT2D eigenvalue weighted by molar-refractivity contribution is 0.0166. The maximum Gasteiger partial charge on any atom is 0.278 e. The van der Waals surface area contributed by atoms with Crippen LogP contribution in [0.3, 0.4) is 0 Å². The number of hydroxylamine groups is 4. The second-order valence-electron chi connectivity index (χ2n) is 20.1. The summed E-state index contributed by atoms with van der Waals surface area (Å²) in [5, 5.41) is 46.7. The van der Waals surface area contributed by atoms with E-state index in [1.807, 2.05) is 90.4 Å². The molecule has 0 unspecified atom stereocenters. The van der Waals surface area contributed by atoms with Crippen molar-refractivity contribution in [1.29, 1.82) is 0 Å². The van der Waals surface area contributed by atoms with E-state index in [1.54, 1.807) is 139 Å². The third-order valence-corrected chi connectivity index (χ3v) is 16.2. The Kier molecular flexibility index (Phi) is 27.8. The van der Waals surface area contributed by atoms with Crippen LogP contribution in [-0.2, 0) is 19.4 Å². The van der Waals surface area contributed by atoms with E-state index < -0.39 is 46.9 Å². The maximum atomic E-state index is 14.2. The van der Waals surface area contributed by atoms with E-state index >= 15 is 0 Å². The molecule has 0 aliphatic rings. The number of anilines is 8. The van der Waals surface area contributed by atoms with E-state index in [1.165, 1.54) is 49.6 Å². The highest BCUT2D eigenvalue weighted by atomic mass is 127. The third-order valence-electron chi connectivity index (χ3n) is 13.5. The number of imidazole rings is 4. The summed E-state index contributed by atoms with van der Waals surface area (Å²) in [6, 6.07) is 32.1. The Bertz CT molecular complexity index is 4260. The summed E-state index contributed by atoms with van der Waals surface area (Å²) in [7, 11) is 0. The van der Waals surface area contributed by atoms with Gasteiger partial charge >= 0.3 is 0 Å². The summed E-state index contributed by atoms with van der Waals surface area (Å²) >= 11 is 8.07. The van der Waals surface area contributed by atoms with Crippen molar-refractivity contribution in [3.05, 3.63) is 231 Å². The number of halogens is 8. The number of carbonyl (C=O) groups excluding carboxylic acids is 4. The van der Waals surface area contributed by atoms with Crippen molar-refractivity contribution >= 4 is 182 Å². The Morgan fingerprint density at radius 1 is 0.340 bits per heavy atom. The number of nitrogens with zero attached hydrogens (tertiary/aromatic N) is 8. The molecule has 100 heavy (non-hydrogen) atoms. The number of aliphatic hydroxyl groups excluding tert-OH is 4. The number of hydrogen-bond donors (Lipinski definition) is 12. The molecule has 28 nitrogen and oxygen atoms in total. The van der Waals surface area contributed by atoms with Gasteiger partial charge in [-0.2, -0.15) is 0 Å². The average Bonchev–Trinajstić information content (AvgIpc) is 1.53. The Morgan fingerprint density at radius 3 is 0.740 bits per heavy atom. The van der Waals surface area contributed by atoms with Gasteiger partial charge in [0, 0.05) is 14.3 Å². The molecule has 8 aromatic heterocycles. The molecule has 0 spiro atoms. The molecule has 0 bridgehead atoms. The number of benzene rings is 4. The van der Waals surface area contributed by atoms with Gasteiger partial charge in [-0.25, -0.2) is 59.4 Å². The molecule has 0 saturated heterocycles. The summed E-state index contributed by atoms with van der Waals surface area (Å²) in [6.07, 6.45) is 12.6. The maximum absolute atomic E-state index is 14.2. The summed E-state index contributed by atoms with van der Waals surface area (Å²) in [6.45, 7) is -1.03. The van der Waals surface area contributed by atoms with Crippen LogP contribution in [0.2, 0.25) is 0 Å². The first-order valence-electron chi connectivity index (χ1n) is 29.2. The zero-order chi connectivity index (χ0) is 71.2. The first-order chi connectivity index (χ1) is 48.4. The minimum atomic E-state index is -0.530. The van der Waals surface area contributed by atoms with Crippen LogP contribution in [0, 0.1) is 37.5 Å². The monoisotopic (exact) mass is 1820 g/mol. The molecule has 4 aromatic carbocycles. The molecule has 0 atom stereocenters. The van der Waals surface area contributed by atoms with E-state index in [0.717, 1.165) is 36.3 Å². The van der Waals surface area contributed by atoms with Crippen LogP contribution in [-0.4, -0.2) is 134 Å². The van der Waals surface area contributed by atoms with Crippen molar-refractivity contribution in [1.82, 2.24) is 59.5 Å². The van der Waals surface area contributed by atoms with Gasteiger partial charge in [-0.15, -0.1) is 0 Å². The number of hydrogen-bond acceptors (Lipinski definition) is 20. The number of nitrogens with one attached hydrogen (secondary N) is 8. The van der Waals surface area contributed by atoms with Gasteiger partial charge < -0.3 is 41.7 Å². The fraction of sp³-hybridized carbons (Fsp3) is 0.125. The molecule has 0 aliphatic carbocycles. The molecule has 520 valence electrons. The number of pyridine rings is 4. The minimum absolute atomic E-state index is 0.0342. The van der Waals surface area contributed by atoms with Gasteiger partial charge in [-0.05, 0) is 212 Å². The van der Waals surface area contributed by atoms with Gasteiger partial charge in [0.2, 0.25) is 0 Å². The Hall–Kier alpha value is -8.96. The van der Waals surface area contributed by atoms with E-state index in [2.05, 4.69) is 63.1 Å². The molecule has 12 rings (SSSR count). The van der Waals surface area contributed by atoms with Crippen molar-refractivity contribution in [2.75, 3.05) is 74.1 Å². The summed E-state index contributed by atoms with van der Waals surface area (Å²) in [5.74, 6) is -2.48. The second-order valence-corrected chi connectivity index (χ2v) is 25.1. The number of fused-ring (bicyclic) bond motifs is 4. The smallest absolute Gasteiger partial charge is 0.278 e. The lowest BCUT2D eigenvalue weighted by Gasteiger charge is -2.15. The molecule has 0 aliphatic heterocycles. The van der Waals surface area contributed by atoms with Gasteiger partial charge in [0.25, 0.3) is 23.6 Å². The first kappa shape index (κ1) is 75.2. The molecular formula is C64H56F4I4N16O12. The topological polar surface area (TPSA) is 352 Å². The largest absolute Gasteiger partial charge is 0.394 e. The van der Waals surface area contributed by atoms with E-state index in [0.29, 0.717) is 23.3 Å². The normalized spacial score (nSPS) is 10.8. The van der Waals surface area contributed by atoms with E-state index in [4.69, 9.17) is 39.8 Å². The van der Waals surface area contributed by atoms with Gasteiger partial charge in [0.15, 0.2) is 0 Å². The van der Waals surface area contributed by atoms with E-state index in [9.17, 15) is 36.7 Å². The predicted molar refractivity (Wildman–Crippen MR) is 392 cm³/mol. The van der Waals surface area contributed by atoms with Crippen molar-refractivity contribution < 1.29 is 76.5 Å². The van der Waals surface area contributed by atoms with Crippen molar-refractivity contribution in [3.8, 4) is 0 Å². The van der Waals surface area contributed by atoms with Gasteiger partial charge in [0.05, 0.1) is 145 Å². The fourth-order valence-electron chi connectivity index (χ4n) is 8.96. The van der Waals surface area contributed by atoms with Crippen LogP contribution in [0.15, 0.2) is 171 Å². The average molecular weight is 1820 g/mol. The predicted octanol–water partition coefficient (Wildman–Crippen LogP) is 9.90. The molecule has 4 amide bonds. The molecule has 0 fully saturated rings. The molecule has 12 N–H and O–H groups in total. The summed E-state index contributed by atoms with van der Waals surface area (Å²) in [4.78, 5) is 85.0. The molecule has 8 heterocycles. The third kappa shape index (κ3) is 19.7. The lowest BCUT2D eigenvalue weighted by Crippen LogP contribution is -2.26. The number of aromatic nitrogens is 8. The number of rotatable bonds is 24. The minimum Gasteiger partial charge on any atom is -0.394 e. The quantitative estimate of drug-likeness (QED) is 0.0116. The van der Waals surface area contributed by atoms with Crippen LogP contribution >= 0.6 is 90.4 Å². The van der Waals surface area contributed by atoms with Crippen molar-refractivity contribution in [3.63, 3.8) is 0 Å².